The lowest BCUT2D eigenvalue weighted by Crippen LogP contribution is -2.03. The van der Waals surface area contributed by atoms with Crippen molar-refractivity contribution in [1.82, 2.24) is 4.98 Å². The standard InChI is InChI=1S/C24H18FN3O/c25-20-13-11-17(12-14-20)16-27-23-21(15-26)28-24(29-23)22(18-7-3-1-4-8-18)19-9-5-2-6-10-19/h1-14,22,27H,16H2. The summed E-state index contributed by atoms with van der Waals surface area (Å²) in [6, 6.07) is 28.1. The summed E-state index contributed by atoms with van der Waals surface area (Å²) in [5, 5.41) is 12.6. The number of benzene rings is 3. The molecule has 0 aliphatic carbocycles. The number of oxazole rings is 1. The summed E-state index contributed by atoms with van der Waals surface area (Å²) in [4.78, 5) is 4.46. The van der Waals surface area contributed by atoms with Crippen LogP contribution in [-0.2, 0) is 6.54 Å². The summed E-state index contributed by atoms with van der Waals surface area (Å²) in [6.45, 7) is 0.394. The van der Waals surface area contributed by atoms with E-state index in [0.29, 0.717) is 18.3 Å². The summed E-state index contributed by atoms with van der Waals surface area (Å²) >= 11 is 0. The molecule has 0 atom stereocenters. The summed E-state index contributed by atoms with van der Waals surface area (Å²) in [7, 11) is 0. The number of hydrogen-bond donors (Lipinski definition) is 1. The van der Waals surface area contributed by atoms with Gasteiger partial charge in [0, 0.05) is 6.54 Å². The van der Waals surface area contributed by atoms with Crippen LogP contribution in [-0.4, -0.2) is 4.98 Å². The van der Waals surface area contributed by atoms with E-state index in [4.69, 9.17) is 4.42 Å². The maximum absolute atomic E-state index is 13.1. The smallest absolute Gasteiger partial charge is 0.232 e. The number of nitrogens with one attached hydrogen (secondary N) is 1. The quantitative estimate of drug-likeness (QED) is 0.479. The second kappa shape index (κ2) is 8.41. The van der Waals surface area contributed by atoms with Gasteiger partial charge in [0.05, 0.1) is 5.92 Å². The Bertz CT molecular complexity index is 1080. The van der Waals surface area contributed by atoms with Gasteiger partial charge in [-0.3, -0.25) is 0 Å². The Hall–Kier alpha value is -3.91. The second-order valence-corrected chi connectivity index (χ2v) is 6.58. The van der Waals surface area contributed by atoms with Gasteiger partial charge in [-0.15, -0.1) is 0 Å². The van der Waals surface area contributed by atoms with Crippen LogP contribution in [0.5, 0.6) is 0 Å². The lowest BCUT2D eigenvalue weighted by Gasteiger charge is -2.14. The van der Waals surface area contributed by atoms with Gasteiger partial charge in [0.2, 0.25) is 17.5 Å². The van der Waals surface area contributed by atoms with Crippen LogP contribution < -0.4 is 5.32 Å². The number of nitrogens with zero attached hydrogens (tertiary/aromatic N) is 2. The van der Waals surface area contributed by atoms with Crippen LogP contribution in [0.15, 0.2) is 89.3 Å². The van der Waals surface area contributed by atoms with Crippen LogP contribution >= 0.6 is 0 Å². The van der Waals surface area contributed by atoms with Crippen molar-refractivity contribution in [2.75, 3.05) is 5.32 Å². The van der Waals surface area contributed by atoms with E-state index < -0.39 is 0 Å². The van der Waals surface area contributed by atoms with Crippen molar-refractivity contribution in [3.8, 4) is 6.07 Å². The van der Waals surface area contributed by atoms with Gasteiger partial charge in [0.1, 0.15) is 11.9 Å². The Balaban J connectivity index is 1.67. The molecule has 0 saturated heterocycles. The minimum absolute atomic E-state index is 0.193. The first-order valence-electron chi connectivity index (χ1n) is 9.23. The van der Waals surface area contributed by atoms with Crippen LogP contribution in [0.4, 0.5) is 10.3 Å². The molecule has 4 aromatic rings. The highest BCUT2D eigenvalue weighted by Gasteiger charge is 2.24. The summed E-state index contributed by atoms with van der Waals surface area (Å²) < 4.78 is 19.1. The van der Waals surface area contributed by atoms with Crippen LogP contribution in [0, 0.1) is 17.1 Å². The lowest BCUT2D eigenvalue weighted by atomic mass is 9.91. The molecule has 0 spiro atoms. The van der Waals surface area contributed by atoms with Crippen LogP contribution in [0.1, 0.15) is 34.2 Å². The molecular weight excluding hydrogens is 365 g/mol. The Labute approximate surface area is 168 Å². The first kappa shape index (κ1) is 18.5. The Morgan fingerprint density at radius 1 is 0.897 bits per heavy atom. The van der Waals surface area contributed by atoms with Gasteiger partial charge in [-0.1, -0.05) is 72.8 Å². The molecule has 0 radical (unpaired) electrons. The molecule has 3 aromatic carbocycles. The minimum atomic E-state index is -0.290. The molecule has 4 rings (SSSR count). The highest BCUT2D eigenvalue weighted by Crippen LogP contribution is 2.33. The number of anilines is 1. The molecule has 1 heterocycles. The van der Waals surface area contributed by atoms with E-state index in [9.17, 15) is 9.65 Å². The molecule has 0 aliphatic heterocycles. The van der Waals surface area contributed by atoms with E-state index in [1.165, 1.54) is 12.1 Å². The normalized spacial score (nSPS) is 10.7. The summed E-state index contributed by atoms with van der Waals surface area (Å²) in [5.41, 5.74) is 3.11. The van der Waals surface area contributed by atoms with E-state index in [0.717, 1.165) is 16.7 Å². The molecule has 0 unspecified atom stereocenters. The average Bonchev–Trinajstić information content (AvgIpc) is 3.18. The molecule has 0 bridgehead atoms. The van der Waals surface area contributed by atoms with Crippen LogP contribution in [0.3, 0.4) is 0 Å². The predicted molar refractivity (Wildman–Crippen MR) is 109 cm³/mol. The summed E-state index contributed by atoms with van der Waals surface area (Å²) in [5.74, 6) is 0.233. The Kier molecular flexibility index (Phi) is 5.35. The molecule has 5 heteroatoms. The van der Waals surface area contributed by atoms with Crippen molar-refractivity contribution in [1.29, 1.82) is 5.26 Å². The molecule has 142 valence electrons. The minimum Gasteiger partial charge on any atom is -0.423 e. The number of halogens is 1. The third-order valence-corrected chi connectivity index (χ3v) is 4.63. The first-order chi connectivity index (χ1) is 14.2. The molecule has 1 aromatic heterocycles. The first-order valence-corrected chi connectivity index (χ1v) is 9.23. The van der Waals surface area contributed by atoms with Gasteiger partial charge in [0.15, 0.2) is 0 Å². The van der Waals surface area contributed by atoms with Crippen molar-refractivity contribution < 1.29 is 8.81 Å². The molecule has 0 fully saturated rings. The zero-order chi connectivity index (χ0) is 20.1. The Morgan fingerprint density at radius 3 is 2.03 bits per heavy atom. The fourth-order valence-electron chi connectivity index (χ4n) is 3.21. The molecule has 1 N–H and O–H groups in total. The molecule has 29 heavy (non-hydrogen) atoms. The summed E-state index contributed by atoms with van der Waals surface area (Å²) in [6.07, 6.45) is 0. The van der Waals surface area contributed by atoms with Crippen LogP contribution in [0.2, 0.25) is 0 Å². The van der Waals surface area contributed by atoms with Crippen LogP contribution in [0.25, 0.3) is 0 Å². The molecule has 0 saturated carbocycles. The maximum Gasteiger partial charge on any atom is 0.232 e. The average molecular weight is 383 g/mol. The third kappa shape index (κ3) is 4.17. The van der Waals surface area contributed by atoms with E-state index in [2.05, 4.69) is 16.4 Å². The molecular formula is C24H18FN3O. The number of rotatable bonds is 6. The number of hydrogen-bond acceptors (Lipinski definition) is 4. The maximum atomic E-state index is 13.1. The van der Waals surface area contributed by atoms with Gasteiger partial charge < -0.3 is 9.73 Å². The van der Waals surface area contributed by atoms with E-state index in [1.807, 2.05) is 60.7 Å². The molecule has 4 nitrogen and oxygen atoms in total. The Morgan fingerprint density at radius 2 is 1.48 bits per heavy atom. The second-order valence-electron chi connectivity index (χ2n) is 6.58. The van der Waals surface area contributed by atoms with Gasteiger partial charge >= 0.3 is 0 Å². The van der Waals surface area contributed by atoms with Crippen molar-refractivity contribution in [3.63, 3.8) is 0 Å². The zero-order valence-electron chi connectivity index (χ0n) is 15.5. The zero-order valence-corrected chi connectivity index (χ0v) is 15.5. The van der Waals surface area contributed by atoms with Gasteiger partial charge in [-0.2, -0.15) is 10.2 Å². The van der Waals surface area contributed by atoms with E-state index in [1.54, 1.807) is 12.1 Å². The number of nitriles is 1. The fourth-order valence-corrected chi connectivity index (χ4v) is 3.21. The van der Waals surface area contributed by atoms with Crippen molar-refractivity contribution >= 4 is 5.88 Å². The van der Waals surface area contributed by atoms with Gasteiger partial charge in [0.25, 0.3) is 0 Å². The third-order valence-electron chi connectivity index (χ3n) is 4.63. The predicted octanol–water partition coefficient (Wildman–Crippen LogP) is 5.48. The van der Waals surface area contributed by atoms with Gasteiger partial charge in [-0.05, 0) is 28.8 Å². The largest absolute Gasteiger partial charge is 0.423 e. The fraction of sp³-hybridized carbons (Fsp3) is 0.0833. The SMILES string of the molecule is N#Cc1nc(C(c2ccccc2)c2ccccc2)oc1NCc1ccc(F)cc1. The number of aromatic nitrogens is 1. The van der Waals surface area contributed by atoms with Crippen molar-refractivity contribution in [2.45, 2.75) is 12.5 Å². The highest BCUT2D eigenvalue weighted by molar-refractivity contribution is 5.48. The van der Waals surface area contributed by atoms with E-state index in [-0.39, 0.29) is 17.4 Å². The van der Waals surface area contributed by atoms with Crippen molar-refractivity contribution in [2.24, 2.45) is 0 Å². The van der Waals surface area contributed by atoms with Crippen molar-refractivity contribution in [3.05, 3.63) is 119 Å². The monoisotopic (exact) mass is 383 g/mol. The molecule has 0 amide bonds. The van der Waals surface area contributed by atoms with Gasteiger partial charge in [-0.25, -0.2) is 4.39 Å². The lowest BCUT2D eigenvalue weighted by molar-refractivity contribution is 0.498. The highest BCUT2D eigenvalue weighted by atomic mass is 19.1. The molecule has 0 aliphatic rings. The topological polar surface area (TPSA) is 61.9 Å². The van der Waals surface area contributed by atoms with E-state index >= 15 is 0 Å².